The highest BCUT2D eigenvalue weighted by Crippen LogP contribution is 2.41. The van der Waals surface area contributed by atoms with Crippen LogP contribution in [0.4, 0.5) is 13.2 Å². The number of hydrogen-bond donors (Lipinski definition) is 2. The SMILES string of the molecule is Cn1cc2ccc(C(=O)N[C@]3(c4ccc(OC(F)(F)F)cc4)CCOc4cccnc43)cc2n1.O=CO. The molecule has 2 N–H and O–H groups in total. The molecule has 37 heavy (non-hydrogen) atoms. The molecule has 0 spiro atoms. The van der Waals surface area contributed by atoms with Gasteiger partial charge in [-0.3, -0.25) is 19.3 Å². The standard InChI is InChI=1S/C24H19F3N4O3.CH2O2/c1-31-14-16-5-4-15(13-19(16)30-31)22(32)29-23(10-12-33-20-3-2-11-28-21(20)23)17-6-8-18(9-7-17)34-24(25,26)27;2-1-3/h2-9,11,13-14H,10,12H2,1H3,(H,29,32);1H,(H,2,3)/t23-;/m0./s1. The van der Waals surface area contributed by atoms with Gasteiger partial charge in [-0.15, -0.1) is 13.2 Å². The summed E-state index contributed by atoms with van der Waals surface area (Å²) >= 11 is 0. The molecule has 1 aliphatic heterocycles. The summed E-state index contributed by atoms with van der Waals surface area (Å²) in [5.74, 6) is -0.238. The number of aromatic nitrogens is 3. The number of carboxylic acid groups (broad SMARTS) is 1. The molecule has 0 fully saturated rings. The lowest BCUT2D eigenvalue weighted by Crippen LogP contribution is -2.50. The summed E-state index contributed by atoms with van der Waals surface area (Å²) < 4.78 is 49.3. The van der Waals surface area contributed by atoms with E-state index in [0.29, 0.717) is 34.5 Å². The number of amides is 1. The Bertz CT molecular complexity index is 1420. The van der Waals surface area contributed by atoms with Crippen LogP contribution in [-0.4, -0.2) is 45.2 Å². The predicted octanol–water partition coefficient (Wildman–Crippen LogP) is 4.02. The van der Waals surface area contributed by atoms with Crippen molar-refractivity contribution in [2.24, 2.45) is 7.05 Å². The first-order valence-corrected chi connectivity index (χ1v) is 10.9. The molecule has 0 bridgehead atoms. The van der Waals surface area contributed by atoms with Crippen molar-refractivity contribution in [1.82, 2.24) is 20.1 Å². The maximum absolute atomic E-state index is 13.4. The third-order valence-corrected chi connectivity index (χ3v) is 5.70. The second-order valence-corrected chi connectivity index (χ2v) is 8.06. The topological polar surface area (TPSA) is 116 Å². The lowest BCUT2D eigenvalue weighted by Gasteiger charge is -2.39. The van der Waals surface area contributed by atoms with Gasteiger partial charge in [-0.25, -0.2) is 0 Å². The average molecular weight is 514 g/mol. The van der Waals surface area contributed by atoms with Crippen molar-refractivity contribution in [3.8, 4) is 11.5 Å². The summed E-state index contributed by atoms with van der Waals surface area (Å²) in [4.78, 5) is 26.2. The minimum Gasteiger partial charge on any atom is -0.491 e. The third kappa shape index (κ3) is 5.47. The number of carbonyl (C=O) groups excluding carboxylic acids is 1. The van der Waals surface area contributed by atoms with Crippen LogP contribution in [0.2, 0.25) is 0 Å². The second kappa shape index (κ2) is 10.2. The lowest BCUT2D eigenvalue weighted by molar-refractivity contribution is -0.274. The molecule has 0 unspecified atom stereocenters. The van der Waals surface area contributed by atoms with Gasteiger partial charge < -0.3 is 19.9 Å². The summed E-state index contributed by atoms with van der Waals surface area (Å²) in [5, 5.41) is 15.2. The largest absolute Gasteiger partial charge is 0.573 e. The number of rotatable bonds is 4. The van der Waals surface area contributed by atoms with E-state index in [1.54, 1.807) is 42.2 Å². The maximum Gasteiger partial charge on any atom is 0.573 e. The Balaban J connectivity index is 0.00000102. The summed E-state index contributed by atoms with van der Waals surface area (Å²) in [7, 11) is 1.80. The van der Waals surface area contributed by atoms with E-state index in [9.17, 15) is 18.0 Å². The smallest absolute Gasteiger partial charge is 0.491 e. The Labute approximate surface area is 208 Å². The third-order valence-electron chi connectivity index (χ3n) is 5.70. The number of carbonyl (C=O) groups is 2. The molecule has 0 saturated carbocycles. The average Bonchev–Trinajstić information content (AvgIpc) is 3.23. The number of ether oxygens (including phenoxy) is 2. The number of benzene rings is 2. The highest BCUT2D eigenvalue weighted by molar-refractivity contribution is 5.98. The summed E-state index contributed by atoms with van der Waals surface area (Å²) in [6.07, 6.45) is -1.05. The Hall–Kier alpha value is -4.61. The van der Waals surface area contributed by atoms with E-state index in [-0.39, 0.29) is 24.7 Å². The summed E-state index contributed by atoms with van der Waals surface area (Å²) in [6.45, 7) is 0.0268. The molecule has 2 aromatic carbocycles. The molecule has 1 aliphatic rings. The zero-order chi connectivity index (χ0) is 26.6. The van der Waals surface area contributed by atoms with Crippen molar-refractivity contribution < 1.29 is 37.3 Å². The van der Waals surface area contributed by atoms with Gasteiger partial charge in [0.2, 0.25) is 0 Å². The molecule has 1 amide bonds. The molecular weight excluding hydrogens is 493 g/mol. The van der Waals surface area contributed by atoms with E-state index in [1.807, 2.05) is 12.3 Å². The minimum atomic E-state index is -4.80. The fourth-order valence-corrected chi connectivity index (χ4v) is 4.22. The second-order valence-electron chi connectivity index (χ2n) is 8.06. The molecule has 5 rings (SSSR count). The molecule has 9 nitrogen and oxygen atoms in total. The summed E-state index contributed by atoms with van der Waals surface area (Å²) in [6, 6.07) is 14.1. The molecule has 4 aromatic rings. The van der Waals surface area contributed by atoms with Crippen molar-refractivity contribution in [3.63, 3.8) is 0 Å². The Morgan fingerprint density at radius 3 is 2.65 bits per heavy atom. The van der Waals surface area contributed by atoms with Crippen LogP contribution in [0.5, 0.6) is 11.5 Å². The molecule has 2 aromatic heterocycles. The maximum atomic E-state index is 13.4. The monoisotopic (exact) mass is 514 g/mol. The number of halogens is 3. The lowest BCUT2D eigenvalue weighted by atomic mass is 9.81. The quantitative estimate of drug-likeness (QED) is 0.395. The molecule has 12 heteroatoms. The van der Waals surface area contributed by atoms with E-state index < -0.39 is 11.9 Å². The van der Waals surface area contributed by atoms with Crippen molar-refractivity contribution in [3.05, 3.63) is 83.8 Å². The fraction of sp³-hybridized carbons (Fsp3) is 0.200. The zero-order valence-electron chi connectivity index (χ0n) is 19.4. The molecule has 3 heterocycles. The number of hydrogen-bond acceptors (Lipinski definition) is 6. The van der Waals surface area contributed by atoms with Gasteiger partial charge in [0.25, 0.3) is 12.4 Å². The van der Waals surface area contributed by atoms with Gasteiger partial charge in [-0.05, 0) is 42.0 Å². The van der Waals surface area contributed by atoms with Crippen LogP contribution in [0.3, 0.4) is 0 Å². The van der Waals surface area contributed by atoms with E-state index >= 15 is 0 Å². The highest BCUT2D eigenvalue weighted by Gasteiger charge is 2.43. The zero-order valence-corrected chi connectivity index (χ0v) is 19.4. The van der Waals surface area contributed by atoms with Crippen LogP contribution in [-0.2, 0) is 17.4 Å². The highest BCUT2D eigenvalue weighted by atomic mass is 19.4. The number of alkyl halides is 3. The minimum absolute atomic E-state index is 0.250. The molecule has 0 radical (unpaired) electrons. The van der Waals surface area contributed by atoms with Crippen LogP contribution in [0, 0.1) is 0 Å². The summed E-state index contributed by atoms with van der Waals surface area (Å²) in [5.41, 5.74) is 0.965. The van der Waals surface area contributed by atoms with E-state index in [4.69, 9.17) is 14.6 Å². The first-order chi connectivity index (χ1) is 17.6. The Morgan fingerprint density at radius 1 is 1.22 bits per heavy atom. The van der Waals surface area contributed by atoms with Gasteiger partial charge in [0, 0.05) is 36.8 Å². The van der Waals surface area contributed by atoms with Gasteiger partial charge in [0.15, 0.2) is 0 Å². The van der Waals surface area contributed by atoms with Crippen molar-refractivity contribution in [2.45, 2.75) is 18.3 Å². The molecular formula is C25H21F3N4O5. The molecule has 1 atom stereocenters. The van der Waals surface area contributed by atoms with Gasteiger partial charge in [0.1, 0.15) is 22.7 Å². The first kappa shape index (κ1) is 25.5. The number of pyridine rings is 1. The van der Waals surface area contributed by atoms with E-state index in [2.05, 4.69) is 20.1 Å². The molecule has 0 saturated heterocycles. The predicted molar refractivity (Wildman–Crippen MR) is 125 cm³/mol. The van der Waals surface area contributed by atoms with Gasteiger partial charge in [0.05, 0.1) is 12.1 Å². The normalized spacial score (nSPS) is 16.5. The Kier molecular flexibility index (Phi) is 7.00. The molecule has 192 valence electrons. The number of nitrogens with zero attached hydrogens (tertiary/aromatic N) is 3. The number of aryl methyl sites for hydroxylation is 1. The first-order valence-electron chi connectivity index (χ1n) is 10.9. The van der Waals surface area contributed by atoms with Gasteiger partial charge >= 0.3 is 6.36 Å². The van der Waals surface area contributed by atoms with Gasteiger partial charge in [-0.2, -0.15) is 5.10 Å². The van der Waals surface area contributed by atoms with E-state index in [1.165, 1.54) is 24.3 Å². The van der Waals surface area contributed by atoms with Crippen molar-refractivity contribution in [1.29, 1.82) is 0 Å². The van der Waals surface area contributed by atoms with Crippen LogP contribution >= 0.6 is 0 Å². The van der Waals surface area contributed by atoms with Crippen molar-refractivity contribution in [2.75, 3.05) is 6.61 Å². The van der Waals surface area contributed by atoms with E-state index in [0.717, 1.165) is 5.39 Å². The Morgan fingerprint density at radius 2 is 1.95 bits per heavy atom. The van der Waals surface area contributed by atoms with Crippen LogP contribution in [0.25, 0.3) is 10.9 Å². The number of fused-ring (bicyclic) bond motifs is 2. The van der Waals surface area contributed by atoms with Crippen LogP contribution in [0.1, 0.15) is 28.0 Å². The number of nitrogens with one attached hydrogen (secondary N) is 1. The molecule has 0 aliphatic carbocycles. The fourth-order valence-electron chi connectivity index (χ4n) is 4.22. The van der Waals surface area contributed by atoms with Crippen molar-refractivity contribution >= 4 is 23.3 Å². The van der Waals surface area contributed by atoms with Gasteiger partial charge in [-0.1, -0.05) is 18.2 Å². The van der Waals surface area contributed by atoms with Crippen LogP contribution < -0.4 is 14.8 Å². The van der Waals surface area contributed by atoms with Crippen LogP contribution in [0.15, 0.2) is 67.0 Å².